The summed E-state index contributed by atoms with van der Waals surface area (Å²) in [6.45, 7) is 2.54. The van der Waals surface area contributed by atoms with E-state index in [9.17, 15) is 4.79 Å². The van der Waals surface area contributed by atoms with Crippen molar-refractivity contribution >= 4 is 23.5 Å². The van der Waals surface area contributed by atoms with Gasteiger partial charge in [0.05, 0.1) is 18.4 Å². The number of ether oxygens (including phenoxy) is 1. The van der Waals surface area contributed by atoms with Crippen LogP contribution < -0.4 is 4.90 Å². The van der Waals surface area contributed by atoms with Crippen molar-refractivity contribution in [2.45, 2.75) is 0 Å². The Labute approximate surface area is 173 Å². The summed E-state index contributed by atoms with van der Waals surface area (Å²) in [5.41, 5.74) is 3.96. The van der Waals surface area contributed by atoms with Crippen LogP contribution in [0.5, 0.6) is 0 Å². The SMILES string of the molecule is COC(=O)N1CCN(c2n[nH]c(-c3ccc(Cl)cc3)c2-c2ccncc2)CC1.O. The van der Waals surface area contributed by atoms with E-state index in [0.717, 1.165) is 28.2 Å². The number of pyridine rings is 1. The van der Waals surface area contributed by atoms with Crippen molar-refractivity contribution in [3.63, 3.8) is 0 Å². The first-order chi connectivity index (χ1) is 13.7. The third-order valence-electron chi connectivity index (χ3n) is 4.86. The van der Waals surface area contributed by atoms with Crippen LogP contribution in [0.15, 0.2) is 48.8 Å². The second-order valence-electron chi connectivity index (χ2n) is 6.48. The normalized spacial score (nSPS) is 13.7. The standard InChI is InChI=1S/C20H20ClN5O2.H2O/c1-28-20(27)26-12-10-25(11-13-26)19-17(14-6-8-22-9-7-14)18(23-24-19)15-2-4-16(21)5-3-15;/h2-9H,10-13H2,1H3,(H,23,24);1H2. The molecule has 3 aromatic rings. The number of aromatic amines is 1. The molecule has 0 spiro atoms. The highest BCUT2D eigenvalue weighted by atomic mass is 35.5. The van der Waals surface area contributed by atoms with Crippen molar-refractivity contribution in [3.8, 4) is 22.4 Å². The Morgan fingerprint density at radius 3 is 2.31 bits per heavy atom. The van der Waals surface area contributed by atoms with Crippen LogP contribution in [-0.4, -0.2) is 64.9 Å². The molecule has 0 bridgehead atoms. The quantitative estimate of drug-likeness (QED) is 0.707. The molecule has 8 nitrogen and oxygen atoms in total. The molecule has 1 aliphatic rings. The van der Waals surface area contributed by atoms with Gasteiger partial charge in [-0.1, -0.05) is 23.7 Å². The fourth-order valence-corrected chi connectivity index (χ4v) is 3.53. The number of anilines is 1. The van der Waals surface area contributed by atoms with Gasteiger partial charge in [0.1, 0.15) is 0 Å². The molecule has 29 heavy (non-hydrogen) atoms. The summed E-state index contributed by atoms with van der Waals surface area (Å²) in [7, 11) is 1.41. The van der Waals surface area contributed by atoms with Crippen LogP contribution in [0.1, 0.15) is 0 Å². The van der Waals surface area contributed by atoms with E-state index in [1.807, 2.05) is 36.4 Å². The number of rotatable bonds is 3. The molecule has 1 amide bonds. The van der Waals surface area contributed by atoms with Gasteiger partial charge in [-0.2, -0.15) is 5.10 Å². The molecule has 0 aliphatic carbocycles. The maximum atomic E-state index is 11.8. The van der Waals surface area contributed by atoms with Gasteiger partial charge in [-0.3, -0.25) is 10.1 Å². The number of amides is 1. The van der Waals surface area contributed by atoms with Gasteiger partial charge >= 0.3 is 6.09 Å². The zero-order chi connectivity index (χ0) is 19.5. The summed E-state index contributed by atoms with van der Waals surface area (Å²) in [6.07, 6.45) is 3.25. The first-order valence-electron chi connectivity index (χ1n) is 9.00. The Morgan fingerprint density at radius 1 is 1.03 bits per heavy atom. The molecular weight excluding hydrogens is 394 g/mol. The topological polar surface area (TPSA) is 106 Å². The lowest BCUT2D eigenvalue weighted by Gasteiger charge is -2.34. The van der Waals surface area contributed by atoms with Gasteiger partial charge in [-0.05, 0) is 29.8 Å². The van der Waals surface area contributed by atoms with Crippen LogP contribution in [0.3, 0.4) is 0 Å². The van der Waals surface area contributed by atoms with E-state index in [1.165, 1.54) is 7.11 Å². The molecule has 3 heterocycles. The number of nitrogens with zero attached hydrogens (tertiary/aromatic N) is 4. The van der Waals surface area contributed by atoms with E-state index < -0.39 is 0 Å². The Balaban J connectivity index is 0.00000240. The molecule has 3 N–H and O–H groups in total. The third kappa shape index (κ3) is 4.18. The van der Waals surface area contributed by atoms with Gasteiger partial charge in [-0.15, -0.1) is 0 Å². The minimum atomic E-state index is -0.294. The molecule has 0 unspecified atom stereocenters. The highest BCUT2D eigenvalue weighted by molar-refractivity contribution is 6.30. The van der Waals surface area contributed by atoms with E-state index in [4.69, 9.17) is 16.3 Å². The van der Waals surface area contributed by atoms with E-state index in [0.29, 0.717) is 31.2 Å². The van der Waals surface area contributed by atoms with Crippen LogP contribution in [0.4, 0.5) is 10.6 Å². The van der Waals surface area contributed by atoms with Gasteiger partial charge in [0.2, 0.25) is 0 Å². The molecule has 4 rings (SSSR count). The average Bonchev–Trinajstić information content (AvgIpc) is 3.19. The van der Waals surface area contributed by atoms with Gasteiger partial charge in [0.15, 0.2) is 5.82 Å². The molecule has 9 heteroatoms. The lowest BCUT2D eigenvalue weighted by Crippen LogP contribution is -2.49. The lowest BCUT2D eigenvalue weighted by atomic mass is 10.0. The maximum Gasteiger partial charge on any atom is 0.409 e. The van der Waals surface area contributed by atoms with Crippen LogP contribution in [0.2, 0.25) is 5.02 Å². The predicted molar refractivity (Wildman–Crippen MR) is 112 cm³/mol. The summed E-state index contributed by atoms with van der Waals surface area (Å²) < 4.78 is 4.82. The number of nitrogens with one attached hydrogen (secondary N) is 1. The fraction of sp³-hybridized carbons (Fsp3) is 0.250. The molecule has 1 aliphatic heterocycles. The lowest BCUT2D eigenvalue weighted by molar-refractivity contribution is 0.121. The van der Waals surface area contributed by atoms with Crippen LogP contribution >= 0.6 is 11.6 Å². The van der Waals surface area contributed by atoms with Crippen molar-refractivity contribution in [3.05, 3.63) is 53.8 Å². The minimum absolute atomic E-state index is 0. The number of methoxy groups -OCH3 is 1. The molecule has 0 atom stereocenters. The number of benzene rings is 1. The van der Waals surface area contributed by atoms with E-state index in [-0.39, 0.29) is 11.6 Å². The number of carbonyl (C=O) groups excluding carboxylic acids is 1. The molecule has 0 radical (unpaired) electrons. The first kappa shape index (κ1) is 20.6. The zero-order valence-electron chi connectivity index (χ0n) is 15.9. The van der Waals surface area contributed by atoms with Crippen molar-refractivity contribution in [2.75, 3.05) is 38.2 Å². The van der Waals surface area contributed by atoms with Gasteiger partial charge in [-0.25, -0.2) is 4.79 Å². The van der Waals surface area contributed by atoms with Crippen molar-refractivity contribution in [1.29, 1.82) is 0 Å². The highest BCUT2D eigenvalue weighted by Gasteiger charge is 2.26. The third-order valence-corrected chi connectivity index (χ3v) is 5.11. The first-order valence-corrected chi connectivity index (χ1v) is 9.37. The Kier molecular flexibility index (Phi) is 6.36. The number of H-pyrrole nitrogens is 1. The van der Waals surface area contributed by atoms with Crippen LogP contribution in [-0.2, 0) is 4.74 Å². The van der Waals surface area contributed by atoms with Crippen molar-refractivity contribution in [2.24, 2.45) is 0 Å². The number of halogens is 1. The smallest absolute Gasteiger partial charge is 0.409 e. The van der Waals surface area contributed by atoms with Gasteiger partial charge < -0.3 is 20.0 Å². The van der Waals surface area contributed by atoms with Crippen molar-refractivity contribution in [1.82, 2.24) is 20.1 Å². The summed E-state index contributed by atoms with van der Waals surface area (Å²) in [4.78, 5) is 19.8. The van der Waals surface area contributed by atoms with Crippen LogP contribution in [0, 0.1) is 0 Å². The average molecular weight is 416 g/mol. The monoisotopic (exact) mass is 415 g/mol. The molecule has 2 aromatic heterocycles. The number of aromatic nitrogens is 3. The molecule has 1 aromatic carbocycles. The number of hydrogen-bond acceptors (Lipinski definition) is 5. The summed E-state index contributed by atoms with van der Waals surface area (Å²) in [6, 6.07) is 11.6. The highest BCUT2D eigenvalue weighted by Crippen LogP contribution is 2.38. The molecule has 0 saturated carbocycles. The number of hydrogen-bond donors (Lipinski definition) is 1. The Bertz CT molecular complexity index is 954. The Hall–Kier alpha value is -3.10. The van der Waals surface area contributed by atoms with Gasteiger partial charge in [0, 0.05) is 49.2 Å². The Morgan fingerprint density at radius 2 is 1.69 bits per heavy atom. The predicted octanol–water partition coefficient (Wildman–Crippen LogP) is 2.86. The van der Waals surface area contributed by atoms with E-state index >= 15 is 0 Å². The van der Waals surface area contributed by atoms with E-state index in [1.54, 1.807) is 17.3 Å². The molecule has 152 valence electrons. The van der Waals surface area contributed by atoms with Crippen LogP contribution in [0.25, 0.3) is 22.4 Å². The second kappa shape index (κ2) is 8.93. The van der Waals surface area contributed by atoms with Gasteiger partial charge in [0.25, 0.3) is 0 Å². The maximum absolute atomic E-state index is 11.8. The van der Waals surface area contributed by atoms with E-state index in [2.05, 4.69) is 20.1 Å². The molecule has 1 saturated heterocycles. The molecule has 1 fully saturated rings. The van der Waals surface area contributed by atoms with Crippen molar-refractivity contribution < 1.29 is 15.0 Å². The number of piperazine rings is 1. The minimum Gasteiger partial charge on any atom is -0.453 e. The summed E-state index contributed by atoms with van der Waals surface area (Å²) in [5.74, 6) is 0.862. The molecular formula is C20H22ClN5O3. The number of carbonyl (C=O) groups is 1. The second-order valence-corrected chi connectivity index (χ2v) is 6.92. The largest absolute Gasteiger partial charge is 0.453 e. The zero-order valence-corrected chi connectivity index (χ0v) is 16.7. The summed E-state index contributed by atoms with van der Waals surface area (Å²) in [5, 5.41) is 8.50. The summed E-state index contributed by atoms with van der Waals surface area (Å²) >= 11 is 6.05. The fourth-order valence-electron chi connectivity index (χ4n) is 3.41.